The van der Waals surface area contributed by atoms with E-state index < -0.39 is 0 Å². The summed E-state index contributed by atoms with van der Waals surface area (Å²) in [6.07, 6.45) is 2.70. The van der Waals surface area contributed by atoms with E-state index in [-0.39, 0.29) is 5.56 Å². The second kappa shape index (κ2) is 5.75. The highest BCUT2D eigenvalue weighted by molar-refractivity contribution is 7.13. The third kappa shape index (κ3) is 3.01. The predicted octanol–water partition coefficient (Wildman–Crippen LogP) is 2.00. The standard InChI is InChI=1S/C12H15N3OS/c1-2-5-13-7-9-8-14-11(15-12(9)16)10-4-3-6-17-10/h3-4,6,8,13H,2,5,7H2,1H3,(H,14,15,16). The molecule has 90 valence electrons. The summed E-state index contributed by atoms with van der Waals surface area (Å²) in [5.74, 6) is 0.643. The van der Waals surface area contributed by atoms with Gasteiger partial charge in [-0.25, -0.2) is 4.98 Å². The molecule has 0 amide bonds. The average molecular weight is 249 g/mol. The number of nitrogens with one attached hydrogen (secondary N) is 2. The van der Waals surface area contributed by atoms with E-state index >= 15 is 0 Å². The number of hydrogen-bond donors (Lipinski definition) is 2. The number of rotatable bonds is 5. The number of aromatic amines is 1. The van der Waals surface area contributed by atoms with E-state index in [0.717, 1.165) is 17.8 Å². The van der Waals surface area contributed by atoms with Crippen LogP contribution in [0.2, 0.25) is 0 Å². The summed E-state index contributed by atoms with van der Waals surface area (Å²) in [6.45, 7) is 3.57. The second-order valence-electron chi connectivity index (χ2n) is 3.74. The lowest BCUT2D eigenvalue weighted by Gasteiger charge is -2.03. The maximum atomic E-state index is 11.8. The highest BCUT2D eigenvalue weighted by Crippen LogP contribution is 2.19. The van der Waals surface area contributed by atoms with E-state index in [4.69, 9.17) is 0 Å². The van der Waals surface area contributed by atoms with Gasteiger partial charge >= 0.3 is 0 Å². The molecule has 0 radical (unpaired) electrons. The van der Waals surface area contributed by atoms with Crippen molar-refractivity contribution in [2.75, 3.05) is 6.54 Å². The third-order valence-corrected chi connectivity index (χ3v) is 3.25. The molecule has 5 heteroatoms. The monoisotopic (exact) mass is 249 g/mol. The summed E-state index contributed by atoms with van der Waals surface area (Å²) in [5, 5.41) is 5.15. The van der Waals surface area contributed by atoms with Crippen LogP contribution in [0.25, 0.3) is 10.7 Å². The molecule has 2 rings (SSSR count). The smallest absolute Gasteiger partial charge is 0.255 e. The molecule has 0 aliphatic heterocycles. The Morgan fingerprint density at radius 1 is 1.53 bits per heavy atom. The van der Waals surface area contributed by atoms with Crippen molar-refractivity contribution in [3.8, 4) is 10.7 Å². The summed E-state index contributed by atoms with van der Waals surface area (Å²) < 4.78 is 0. The highest BCUT2D eigenvalue weighted by Gasteiger charge is 2.04. The SMILES string of the molecule is CCCNCc1cnc(-c2cccs2)[nH]c1=O. The van der Waals surface area contributed by atoms with E-state index in [1.807, 2.05) is 17.5 Å². The van der Waals surface area contributed by atoms with Gasteiger partial charge in [0.15, 0.2) is 0 Å². The molecule has 2 N–H and O–H groups in total. The topological polar surface area (TPSA) is 57.8 Å². The third-order valence-electron chi connectivity index (χ3n) is 2.37. The van der Waals surface area contributed by atoms with Crippen LogP contribution in [-0.4, -0.2) is 16.5 Å². The summed E-state index contributed by atoms with van der Waals surface area (Å²) >= 11 is 1.56. The van der Waals surface area contributed by atoms with Crippen LogP contribution in [0, 0.1) is 0 Å². The number of aromatic nitrogens is 2. The molecule has 0 aromatic carbocycles. The first-order chi connectivity index (χ1) is 8.31. The fourth-order valence-electron chi connectivity index (χ4n) is 1.49. The van der Waals surface area contributed by atoms with Crippen LogP contribution in [-0.2, 0) is 6.54 Å². The van der Waals surface area contributed by atoms with Gasteiger partial charge in [0, 0.05) is 18.3 Å². The minimum atomic E-state index is -0.0630. The van der Waals surface area contributed by atoms with Gasteiger partial charge in [-0.2, -0.15) is 0 Å². The first-order valence-corrected chi connectivity index (χ1v) is 6.52. The van der Waals surface area contributed by atoms with Gasteiger partial charge in [-0.1, -0.05) is 13.0 Å². The molecule has 2 aromatic rings. The lowest BCUT2D eigenvalue weighted by Crippen LogP contribution is -2.22. The lowest BCUT2D eigenvalue weighted by molar-refractivity contribution is 0.668. The molecule has 0 bridgehead atoms. The van der Waals surface area contributed by atoms with Gasteiger partial charge in [-0.15, -0.1) is 11.3 Å². The van der Waals surface area contributed by atoms with E-state index in [0.29, 0.717) is 17.9 Å². The Kier molecular flexibility index (Phi) is 4.06. The van der Waals surface area contributed by atoms with Crippen LogP contribution < -0.4 is 10.9 Å². The molecule has 0 spiro atoms. The normalized spacial score (nSPS) is 10.6. The molecule has 0 atom stereocenters. The molecule has 0 saturated heterocycles. The fraction of sp³-hybridized carbons (Fsp3) is 0.333. The number of hydrogen-bond acceptors (Lipinski definition) is 4. The van der Waals surface area contributed by atoms with Crippen LogP contribution in [0.5, 0.6) is 0 Å². The van der Waals surface area contributed by atoms with E-state index in [1.54, 1.807) is 17.5 Å². The van der Waals surface area contributed by atoms with Crippen molar-refractivity contribution in [3.05, 3.63) is 39.6 Å². The van der Waals surface area contributed by atoms with Crippen LogP contribution in [0.15, 0.2) is 28.5 Å². The van der Waals surface area contributed by atoms with Crippen LogP contribution in [0.3, 0.4) is 0 Å². The quantitative estimate of drug-likeness (QED) is 0.797. The van der Waals surface area contributed by atoms with Crippen molar-refractivity contribution in [1.82, 2.24) is 15.3 Å². The van der Waals surface area contributed by atoms with Crippen molar-refractivity contribution >= 4 is 11.3 Å². The van der Waals surface area contributed by atoms with Crippen LogP contribution in [0.1, 0.15) is 18.9 Å². The van der Waals surface area contributed by atoms with Crippen molar-refractivity contribution < 1.29 is 0 Å². The molecule has 0 aliphatic rings. The van der Waals surface area contributed by atoms with E-state index in [1.165, 1.54) is 0 Å². The Balaban J connectivity index is 2.15. The largest absolute Gasteiger partial charge is 0.312 e. The molecular formula is C12H15N3OS. The van der Waals surface area contributed by atoms with E-state index in [2.05, 4.69) is 22.2 Å². The molecule has 0 saturated carbocycles. The van der Waals surface area contributed by atoms with Crippen molar-refractivity contribution in [1.29, 1.82) is 0 Å². The van der Waals surface area contributed by atoms with E-state index in [9.17, 15) is 4.79 Å². The van der Waals surface area contributed by atoms with Gasteiger partial charge in [0.2, 0.25) is 0 Å². The van der Waals surface area contributed by atoms with Crippen molar-refractivity contribution in [2.45, 2.75) is 19.9 Å². The summed E-state index contributed by atoms with van der Waals surface area (Å²) in [6, 6.07) is 3.88. The maximum absolute atomic E-state index is 11.8. The van der Waals surface area contributed by atoms with Crippen LogP contribution >= 0.6 is 11.3 Å². The van der Waals surface area contributed by atoms with Gasteiger partial charge < -0.3 is 10.3 Å². The number of H-pyrrole nitrogens is 1. The Bertz CT molecular complexity index is 519. The molecule has 2 aromatic heterocycles. The zero-order valence-corrected chi connectivity index (χ0v) is 10.5. The molecular weight excluding hydrogens is 234 g/mol. The lowest BCUT2D eigenvalue weighted by atomic mass is 10.3. The Morgan fingerprint density at radius 2 is 2.41 bits per heavy atom. The molecule has 0 aliphatic carbocycles. The minimum absolute atomic E-state index is 0.0630. The molecule has 0 unspecified atom stereocenters. The van der Waals surface area contributed by atoms with Crippen LogP contribution in [0.4, 0.5) is 0 Å². The first-order valence-electron chi connectivity index (χ1n) is 5.64. The number of nitrogens with zero attached hydrogens (tertiary/aromatic N) is 1. The van der Waals surface area contributed by atoms with Gasteiger partial charge in [0.05, 0.1) is 4.88 Å². The Morgan fingerprint density at radius 3 is 3.06 bits per heavy atom. The minimum Gasteiger partial charge on any atom is -0.312 e. The zero-order chi connectivity index (χ0) is 12.1. The van der Waals surface area contributed by atoms with Gasteiger partial charge in [-0.05, 0) is 24.4 Å². The van der Waals surface area contributed by atoms with Crippen molar-refractivity contribution in [2.24, 2.45) is 0 Å². The maximum Gasteiger partial charge on any atom is 0.255 e. The highest BCUT2D eigenvalue weighted by atomic mass is 32.1. The molecule has 4 nitrogen and oxygen atoms in total. The van der Waals surface area contributed by atoms with Gasteiger partial charge in [0.1, 0.15) is 5.82 Å². The van der Waals surface area contributed by atoms with Gasteiger partial charge in [0.25, 0.3) is 5.56 Å². The predicted molar refractivity (Wildman–Crippen MR) is 70.2 cm³/mol. The average Bonchev–Trinajstić information content (AvgIpc) is 2.85. The number of thiophene rings is 1. The summed E-state index contributed by atoms with van der Waals surface area (Å²) in [7, 11) is 0. The summed E-state index contributed by atoms with van der Waals surface area (Å²) in [4.78, 5) is 19.9. The first kappa shape index (κ1) is 12.0. The Labute approximate surface area is 104 Å². The van der Waals surface area contributed by atoms with Gasteiger partial charge in [-0.3, -0.25) is 4.79 Å². The molecule has 0 fully saturated rings. The Hall–Kier alpha value is -1.46. The second-order valence-corrected chi connectivity index (χ2v) is 4.69. The molecule has 2 heterocycles. The summed E-state index contributed by atoms with van der Waals surface area (Å²) in [5.41, 5.74) is 0.616. The molecule has 17 heavy (non-hydrogen) atoms. The zero-order valence-electron chi connectivity index (χ0n) is 9.69. The fourth-order valence-corrected chi connectivity index (χ4v) is 2.16. The van der Waals surface area contributed by atoms with Crippen molar-refractivity contribution in [3.63, 3.8) is 0 Å².